The number of nitrogens with one attached hydrogen (secondary N) is 1. The molecule has 1 amide bonds. The molecule has 0 saturated carbocycles. The molecule has 1 N–H and O–H groups in total. The summed E-state index contributed by atoms with van der Waals surface area (Å²) in [5.74, 6) is 0.573. The van der Waals surface area contributed by atoms with Crippen LogP contribution < -0.4 is 14.6 Å². The molecule has 0 radical (unpaired) electrons. The highest BCUT2D eigenvalue weighted by atomic mass is 16.6. The summed E-state index contributed by atoms with van der Waals surface area (Å²) < 4.78 is 7.28. The first-order valence-electron chi connectivity index (χ1n) is 6.05. The molecule has 2 rings (SSSR count). The van der Waals surface area contributed by atoms with Crippen LogP contribution in [0, 0.1) is 0 Å². The molecule has 0 bridgehead atoms. The van der Waals surface area contributed by atoms with E-state index in [9.17, 15) is 4.79 Å². The minimum absolute atomic E-state index is 0.409. The van der Waals surface area contributed by atoms with E-state index in [0.29, 0.717) is 12.3 Å². The summed E-state index contributed by atoms with van der Waals surface area (Å²) in [6, 6.07) is 9.63. The van der Waals surface area contributed by atoms with Crippen LogP contribution in [0.25, 0.3) is 10.9 Å². The molecule has 4 heteroatoms. The number of amides is 1. The van der Waals surface area contributed by atoms with Gasteiger partial charge in [0.05, 0.1) is 5.39 Å². The molecular formula is C14H17N2O2+. The first-order chi connectivity index (χ1) is 8.72. The van der Waals surface area contributed by atoms with Gasteiger partial charge in [0.25, 0.3) is 5.52 Å². The number of carbonyl (C=O) groups excluding carboxylic acids is 1. The number of benzene rings is 1. The Labute approximate surface area is 106 Å². The lowest BCUT2D eigenvalue weighted by Gasteiger charge is -2.06. The third-order valence-electron chi connectivity index (χ3n) is 2.69. The Kier molecular flexibility index (Phi) is 3.77. The van der Waals surface area contributed by atoms with E-state index in [2.05, 4.69) is 5.32 Å². The second-order valence-corrected chi connectivity index (χ2v) is 4.13. The zero-order valence-corrected chi connectivity index (χ0v) is 10.6. The molecule has 0 fully saturated rings. The average molecular weight is 245 g/mol. The molecule has 1 heterocycles. The molecule has 1 aromatic heterocycles. The largest absolute Gasteiger partial charge is 0.412 e. The van der Waals surface area contributed by atoms with Crippen LogP contribution in [-0.2, 0) is 7.05 Å². The molecule has 94 valence electrons. The number of fused-ring (bicyclic) bond motifs is 1. The minimum Gasteiger partial charge on any atom is -0.403 e. The Bertz CT molecular complexity index is 561. The Hall–Kier alpha value is -2.10. The molecule has 0 aliphatic rings. The number of pyridine rings is 1. The number of hydrogen-bond acceptors (Lipinski definition) is 2. The Morgan fingerprint density at radius 2 is 2.11 bits per heavy atom. The van der Waals surface area contributed by atoms with Crippen molar-refractivity contribution in [3.63, 3.8) is 0 Å². The van der Waals surface area contributed by atoms with Gasteiger partial charge in [-0.1, -0.05) is 13.0 Å². The number of para-hydroxylation sites is 1. The van der Waals surface area contributed by atoms with Crippen LogP contribution in [0.3, 0.4) is 0 Å². The maximum absolute atomic E-state index is 11.6. The van der Waals surface area contributed by atoms with E-state index < -0.39 is 6.09 Å². The molecule has 2 aromatic rings. The number of hydrogen-bond donors (Lipinski definition) is 1. The van der Waals surface area contributed by atoms with E-state index in [1.165, 1.54) is 0 Å². The molecule has 1 aromatic carbocycles. The quantitative estimate of drug-likeness (QED) is 0.842. The molecule has 0 atom stereocenters. The lowest BCUT2D eigenvalue weighted by atomic mass is 10.2. The predicted octanol–water partition coefficient (Wildman–Crippen LogP) is 2.16. The van der Waals surface area contributed by atoms with Crippen molar-refractivity contribution in [3.8, 4) is 5.75 Å². The van der Waals surface area contributed by atoms with E-state index in [0.717, 1.165) is 17.3 Å². The zero-order valence-electron chi connectivity index (χ0n) is 10.6. The van der Waals surface area contributed by atoms with E-state index >= 15 is 0 Å². The van der Waals surface area contributed by atoms with Gasteiger partial charge in [-0.3, -0.25) is 0 Å². The summed E-state index contributed by atoms with van der Waals surface area (Å²) in [6.45, 7) is 2.62. The van der Waals surface area contributed by atoms with Crippen LogP contribution in [0.5, 0.6) is 5.75 Å². The fraction of sp³-hybridized carbons (Fsp3) is 0.286. The van der Waals surface area contributed by atoms with E-state index in [1.54, 1.807) is 6.07 Å². The van der Waals surface area contributed by atoms with Gasteiger partial charge in [0, 0.05) is 12.6 Å². The smallest absolute Gasteiger partial charge is 0.403 e. The normalized spacial score (nSPS) is 10.3. The Balaban J connectivity index is 2.31. The summed E-state index contributed by atoms with van der Waals surface area (Å²) in [7, 11) is 1.93. The SMILES string of the molecule is CCCNC(=O)Oc1cccc2ccc[n+](C)c12. The first kappa shape index (κ1) is 12.4. The molecule has 0 aliphatic heterocycles. The summed E-state index contributed by atoms with van der Waals surface area (Å²) >= 11 is 0. The summed E-state index contributed by atoms with van der Waals surface area (Å²) in [5, 5.41) is 3.74. The van der Waals surface area contributed by atoms with Gasteiger partial charge >= 0.3 is 6.09 Å². The predicted molar refractivity (Wildman–Crippen MR) is 69.4 cm³/mol. The van der Waals surface area contributed by atoms with Gasteiger partial charge in [0.15, 0.2) is 6.20 Å². The van der Waals surface area contributed by atoms with Crippen LogP contribution in [0.2, 0.25) is 0 Å². The summed E-state index contributed by atoms with van der Waals surface area (Å²) in [5.41, 5.74) is 0.909. The number of ether oxygens (including phenoxy) is 1. The van der Waals surface area contributed by atoms with Crippen LogP contribution in [0.1, 0.15) is 13.3 Å². The van der Waals surface area contributed by atoms with Crippen molar-refractivity contribution < 1.29 is 14.1 Å². The molecule has 0 unspecified atom stereocenters. The van der Waals surface area contributed by atoms with Crippen molar-refractivity contribution in [2.45, 2.75) is 13.3 Å². The highest BCUT2D eigenvalue weighted by molar-refractivity contribution is 5.84. The summed E-state index contributed by atoms with van der Waals surface area (Å²) in [6.07, 6.45) is 2.41. The second-order valence-electron chi connectivity index (χ2n) is 4.13. The highest BCUT2D eigenvalue weighted by Gasteiger charge is 2.14. The second kappa shape index (κ2) is 5.49. The first-order valence-corrected chi connectivity index (χ1v) is 6.05. The third-order valence-corrected chi connectivity index (χ3v) is 2.69. The van der Waals surface area contributed by atoms with Crippen molar-refractivity contribution in [3.05, 3.63) is 36.5 Å². The van der Waals surface area contributed by atoms with Crippen molar-refractivity contribution in [2.24, 2.45) is 7.05 Å². The Morgan fingerprint density at radius 1 is 1.33 bits per heavy atom. The van der Waals surface area contributed by atoms with Gasteiger partial charge < -0.3 is 10.1 Å². The highest BCUT2D eigenvalue weighted by Crippen LogP contribution is 2.21. The van der Waals surface area contributed by atoms with Crippen LogP contribution in [-0.4, -0.2) is 12.6 Å². The molecule has 0 aliphatic carbocycles. The molecule has 0 saturated heterocycles. The van der Waals surface area contributed by atoms with Gasteiger partial charge in [-0.15, -0.1) is 0 Å². The minimum atomic E-state index is -0.409. The van der Waals surface area contributed by atoms with Crippen LogP contribution in [0.4, 0.5) is 4.79 Å². The van der Waals surface area contributed by atoms with Crippen molar-refractivity contribution >= 4 is 17.0 Å². The van der Waals surface area contributed by atoms with E-state index in [1.807, 2.05) is 49.0 Å². The van der Waals surface area contributed by atoms with Gasteiger partial charge in [-0.05, 0) is 24.6 Å². The lowest BCUT2D eigenvalue weighted by molar-refractivity contribution is -0.645. The maximum Gasteiger partial charge on any atom is 0.412 e. The molecule has 0 spiro atoms. The molecular weight excluding hydrogens is 228 g/mol. The average Bonchev–Trinajstić information content (AvgIpc) is 2.37. The number of nitrogens with zero attached hydrogens (tertiary/aromatic N) is 1. The van der Waals surface area contributed by atoms with Crippen LogP contribution in [0.15, 0.2) is 36.5 Å². The number of aryl methyl sites for hydroxylation is 1. The Morgan fingerprint density at radius 3 is 2.89 bits per heavy atom. The lowest BCUT2D eigenvalue weighted by Crippen LogP contribution is -2.31. The third kappa shape index (κ3) is 2.59. The van der Waals surface area contributed by atoms with Crippen molar-refractivity contribution in [1.29, 1.82) is 0 Å². The zero-order chi connectivity index (χ0) is 13.0. The van der Waals surface area contributed by atoms with Gasteiger partial charge in [0.2, 0.25) is 5.75 Å². The fourth-order valence-corrected chi connectivity index (χ4v) is 1.85. The van der Waals surface area contributed by atoms with E-state index in [-0.39, 0.29) is 0 Å². The fourth-order valence-electron chi connectivity index (χ4n) is 1.85. The molecule has 18 heavy (non-hydrogen) atoms. The number of carbonyl (C=O) groups is 1. The van der Waals surface area contributed by atoms with Gasteiger partial charge in [0.1, 0.15) is 7.05 Å². The van der Waals surface area contributed by atoms with E-state index in [4.69, 9.17) is 4.74 Å². The standard InChI is InChI=1S/C14H16N2O2/c1-3-9-15-14(17)18-12-8-4-6-11-7-5-10-16(2)13(11)12/h4-8,10H,3,9H2,1-2H3/p+1. The monoisotopic (exact) mass is 245 g/mol. The molecule has 4 nitrogen and oxygen atoms in total. The van der Waals surface area contributed by atoms with Crippen molar-refractivity contribution in [1.82, 2.24) is 5.32 Å². The summed E-state index contributed by atoms with van der Waals surface area (Å²) in [4.78, 5) is 11.6. The number of aromatic nitrogens is 1. The van der Waals surface area contributed by atoms with Gasteiger partial charge in [-0.2, -0.15) is 4.57 Å². The van der Waals surface area contributed by atoms with Crippen LogP contribution >= 0.6 is 0 Å². The maximum atomic E-state index is 11.6. The van der Waals surface area contributed by atoms with Gasteiger partial charge in [-0.25, -0.2) is 4.79 Å². The topological polar surface area (TPSA) is 42.2 Å². The number of rotatable bonds is 3. The van der Waals surface area contributed by atoms with Crippen molar-refractivity contribution in [2.75, 3.05) is 6.54 Å².